The number of rotatable bonds is 7. The molecule has 1 fully saturated rings. The van der Waals surface area contributed by atoms with Crippen LogP contribution in [0.15, 0.2) is 0 Å². The second kappa shape index (κ2) is 5.79. The van der Waals surface area contributed by atoms with Crippen LogP contribution >= 0.6 is 0 Å². The molecule has 3 unspecified atom stereocenters. The summed E-state index contributed by atoms with van der Waals surface area (Å²) < 4.78 is 13.6. The van der Waals surface area contributed by atoms with E-state index in [-0.39, 0.29) is 17.6 Å². The van der Waals surface area contributed by atoms with Crippen LogP contribution in [0.2, 0.25) is 0 Å². The van der Waals surface area contributed by atoms with Gasteiger partial charge in [-0.25, -0.2) is 4.39 Å². The molecule has 0 bridgehead atoms. The zero-order chi connectivity index (χ0) is 12.3. The summed E-state index contributed by atoms with van der Waals surface area (Å²) >= 11 is 0. The zero-order valence-corrected chi connectivity index (χ0v) is 11.0. The average Bonchev–Trinajstić information content (AvgIpc) is 2.85. The molecule has 0 aromatic carbocycles. The minimum absolute atomic E-state index is 0.158. The molecule has 1 aliphatic rings. The summed E-state index contributed by atoms with van der Waals surface area (Å²) in [6, 6.07) is 0. The molecule has 0 radical (unpaired) electrons. The fraction of sp³-hybridized carbons (Fsp3) is 0.929. The van der Waals surface area contributed by atoms with Gasteiger partial charge in [0.05, 0.1) is 5.92 Å². The summed E-state index contributed by atoms with van der Waals surface area (Å²) in [5.74, 6) is 1.06. The van der Waals surface area contributed by atoms with Crippen molar-refractivity contribution in [2.45, 2.75) is 59.5 Å². The third kappa shape index (κ3) is 4.23. The molecule has 94 valence electrons. The van der Waals surface area contributed by atoms with Crippen LogP contribution in [0.1, 0.15) is 53.4 Å². The molecule has 0 spiro atoms. The van der Waals surface area contributed by atoms with Gasteiger partial charge in [-0.3, -0.25) is 4.79 Å². The molecule has 0 aromatic heterocycles. The fourth-order valence-corrected chi connectivity index (χ4v) is 2.66. The number of carbonyl (C=O) groups excluding carboxylic acids is 1. The highest BCUT2D eigenvalue weighted by Crippen LogP contribution is 2.36. The molecule has 0 aliphatic heterocycles. The Morgan fingerprint density at radius 1 is 1.25 bits per heavy atom. The highest BCUT2D eigenvalue weighted by Gasteiger charge is 2.34. The standard InChI is InChI=1S/C14H25FO/c1-9(2)7-10(3)14(11(4)15)13(16)8-12-5-6-12/h9-12,14H,5-8H2,1-4H3. The molecular formula is C14H25FO. The monoisotopic (exact) mass is 228 g/mol. The molecular weight excluding hydrogens is 203 g/mol. The van der Waals surface area contributed by atoms with Gasteiger partial charge in [0, 0.05) is 6.42 Å². The molecule has 0 saturated heterocycles. The summed E-state index contributed by atoms with van der Waals surface area (Å²) in [5, 5.41) is 0. The first-order chi connectivity index (χ1) is 7.41. The summed E-state index contributed by atoms with van der Waals surface area (Å²) in [7, 11) is 0. The largest absolute Gasteiger partial charge is 0.299 e. The third-order valence-electron chi connectivity index (χ3n) is 3.51. The highest BCUT2D eigenvalue weighted by atomic mass is 19.1. The molecule has 0 N–H and O–H groups in total. The maximum Gasteiger partial charge on any atom is 0.139 e. The van der Waals surface area contributed by atoms with Gasteiger partial charge in [-0.2, -0.15) is 0 Å². The van der Waals surface area contributed by atoms with Gasteiger partial charge in [-0.15, -0.1) is 0 Å². The lowest BCUT2D eigenvalue weighted by Gasteiger charge is -2.25. The minimum atomic E-state index is -1.00. The Kier molecular flexibility index (Phi) is 4.94. The van der Waals surface area contributed by atoms with Crippen molar-refractivity contribution in [3.05, 3.63) is 0 Å². The van der Waals surface area contributed by atoms with Gasteiger partial charge < -0.3 is 0 Å². The van der Waals surface area contributed by atoms with Crippen LogP contribution in [-0.2, 0) is 4.79 Å². The predicted octanol–water partition coefficient (Wildman–Crippen LogP) is 4.01. The van der Waals surface area contributed by atoms with Gasteiger partial charge in [0.15, 0.2) is 0 Å². The van der Waals surface area contributed by atoms with Crippen LogP contribution in [0, 0.1) is 23.7 Å². The number of Topliss-reactive ketones (excluding diaryl/α,β-unsaturated/α-hetero) is 1. The van der Waals surface area contributed by atoms with Crippen LogP contribution in [0.5, 0.6) is 0 Å². The quantitative estimate of drug-likeness (QED) is 0.643. The lowest BCUT2D eigenvalue weighted by molar-refractivity contribution is -0.127. The van der Waals surface area contributed by atoms with Crippen LogP contribution in [0.25, 0.3) is 0 Å². The highest BCUT2D eigenvalue weighted by molar-refractivity contribution is 5.82. The number of carbonyl (C=O) groups is 1. The lowest BCUT2D eigenvalue weighted by Crippen LogP contribution is -2.30. The van der Waals surface area contributed by atoms with E-state index in [1.54, 1.807) is 0 Å². The van der Waals surface area contributed by atoms with Crippen molar-refractivity contribution < 1.29 is 9.18 Å². The van der Waals surface area contributed by atoms with Crippen molar-refractivity contribution >= 4 is 5.78 Å². The van der Waals surface area contributed by atoms with Crippen molar-refractivity contribution in [3.8, 4) is 0 Å². The average molecular weight is 228 g/mol. The molecule has 0 aromatic rings. The molecule has 0 heterocycles. The van der Waals surface area contributed by atoms with Gasteiger partial charge in [0.25, 0.3) is 0 Å². The molecule has 1 rings (SSSR count). The Morgan fingerprint density at radius 2 is 1.81 bits per heavy atom. The Balaban J connectivity index is 2.53. The number of alkyl halides is 1. The molecule has 1 nitrogen and oxygen atoms in total. The van der Waals surface area contributed by atoms with E-state index in [4.69, 9.17) is 0 Å². The van der Waals surface area contributed by atoms with Crippen LogP contribution in [0.3, 0.4) is 0 Å². The van der Waals surface area contributed by atoms with E-state index in [2.05, 4.69) is 13.8 Å². The Hall–Kier alpha value is -0.400. The summed E-state index contributed by atoms with van der Waals surface area (Å²) in [5.41, 5.74) is 0. The van der Waals surface area contributed by atoms with E-state index in [1.807, 2.05) is 6.92 Å². The smallest absolute Gasteiger partial charge is 0.139 e. The predicted molar refractivity (Wildman–Crippen MR) is 65.0 cm³/mol. The van der Waals surface area contributed by atoms with E-state index >= 15 is 0 Å². The molecule has 16 heavy (non-hydrogen) atoms. The first-order valence-electron chi connectivity index (χ1n) is 6.58. The van der Waals surface area contributed by atoms with Crippen LogP contribution in [-0.4, -0.2) is 12.0 Å². The maximum absolute atomic E-state index is 13.6. The normalized spacial score (nSPS) is 21.9. The maximum atomic E-state index is 13.6. The first-order valence-corrected chi connectivity index (χ1v) is 6.58. The van der Waals surface area contributed by atoms with E-state index in [0.717, 1.165) is 19.3 Å². The van der Waals surface area contributed by atoms with Gasteiger partial charge in [0.2, 0.25) is 0 Å². The van der Waals surface area contributed by atoms with Crippen LogP contribution < -0.4 is 0 Å². The Labute approximate surface area is 98.8 Å². The number of ketones is 1. The first kappa shape index (κ1) is 13.7. The molecule has 1 saturated carbocycles. The second-order valence-corrected chi connectivity index (χ2v) is 5.92. The van der Waals surface area contributed by atoms with Crippen LogP contribution in [0.4, 0.5) is 4.39 Å². The second-order valence-electron chi connectivity index (χ2n) is 5.92. The number of halogens is 1. The van der Waals surface area contributed by atoms with Gasteiger partial charge in [0.1, 0.15) is 12.0 Å². The SMILES string of the molecule is CC(C)CC(C)C(C(=O)CC1CC1)C(C)F. The van der Waals surface area contributed by atoms with Gasteiger partial charge in [-0.05, 0) is 43.9 Å². The summed E-state index contributed by atoms with van der Waals surface area (Å²) in [6.45, 7) is 7.81. The molecule has 2 heteroatoms. The van der Waals surface area contributed by atoms with Gasteiger partial charge in [-0.1, -0.05) is 20.8 Å². The minimum Gasteiger partial charge on any atom is -0.299 e. The topological polar surface area (TPSA) is 17.1 Å². The van der Waals surface area contributed by atoms with Crippen molar-refractivity contribution in [2.24, 2.45) is 23.7 Å². The molecule has 0 amide bonds. The molecule has 1 aliphatic carbocycles. The number of hydrogen-bond donors (Lipinski definition) is 0. The number of hydrogen-bond acceptors (Lipinski definition) is 1. The fourth-order valence-electron chi connectivity index (χ4n) is 2.66. The van der Waals surface area contributed by atoms with E-state index in [0.29, 0.717) is 18.3 Å². The van der Waals surface area contributed by atoms with E-state index in [1.165, 1.54) is 6.92 Å². The zero-order valence-electron chi connectivity index (χ0n) is 11.0. The van der Waals surface area contributed by atoms with E-state index < -0.39 is 6.17 Å². The van der Waals surface area contributed by atoms with E-state index in [9.17, 15) is 9.18 Å². The lowest BCUT2D eigenvalue weighted by atomic mass is 9.80. The Bertz CT molecular complexity index is 231. The van der Waals surface area contributed by atoms with Crippen molar-refractivity contribution in [3.63, 3.8) is 0 Å². The summed E-state index contributed by atoms with van der Waals surface area (Å²) in [4.78, 5) is 12.0. The van der Waals surface area contributed by atoms with Crippen molar-refractivity contribution in [1.29, 1.82) is 0 Å². The van der Waals surface area contributed by atoms with Crippen molar-refractivity contribution in [1.82, 2.24) is 0 Å². The molecule has 3 atom stereocenters. The Morgan fingerprint density at radius 3 is 2.19 bits per heavy atom. The van der Waals surface area contributed by atoms with Gasteiger partial charge >= 0.3 is 0 Å². The third-order valence-corrected chi connectivity index (χ3v) is 3.51. The van der Waals surface area contributed by atoms with Crippen molar-refractivity contribution in [2.75, 3.05) is 0 Å². The summed E-state index contributed by atoms with van der Waals surface area (Å²) in [6.07, 6.45) is 2.88.